The zero-order chi connectivity index (χ0) is 42.6. The van der Waals surface area contributed by atoms with Crippen molar-refractivity contribution in [2.24, 2.45) is 0 Å². The SMILES string of the molecule is CCCCCCCCCCCCCCP(CCCCCCCCCCCCCC)CP(CCCCCCCCCCCCCC)CCCCCCCCCCCCCC. The van der Waals surface area contributed by atoms with Gasteiger partial charge in [0.25, 0.3) is 0 Å². The summed E-state index contributed by atoms with van der Waals surface area (Å²) in [6, 6.07) is 0. The predicted molar refractivity (Wildman–Crippen MR) is 282 cm³/mol. The molecule has 0 amide bonds. The zero-order valence-corrected chi connectivity index (χ0v) is 44.2. The van der Waals surface area contributed by atoms with E-state index in [1.54, 1.807) is 56.2 Å². The fraction of sp³-hybridized carbons (Fsp3) is 1.00. The number of hydrogen-bond donors (Lipinski definition) is 0. The lowest BCUT2D eigenvalue weighted by molar-refractivity contribution is 0.547. The molecule has 0 spiro atoms. The summed E-state index contributed by atoms with van der Waals surface area (Å²) in [4.78, 5) is 0. The molecule has 0 aliphatic rings. The molecule has 0 unspecified atom stereocenters. The molecule has 0 aromatic rings. The fourth-order valence-corrected chi connectivity index (χ4v) is 17.2. The van der Waals surface area contributed by atoms with Crippen LogP contribution in [0.4, 0.5) is 0 Å². The lowest BCUT2D eigenvalue weighted by atomic mass is 10.1. The average Bonchev–Trinajstić information content (AvgIpc) is 3.24. The molecule has 356 valence electrons. The number of hydrogen-bond acceptors (Lipinski definition) is 0. The predicted octanol–water partition coefficient (Wildman–Crippen LogP) is 22.7. The fourth-order valence-electron chi connectivity index (χ4n) is 9.49. The van der Waals surface area contributed by atoms with E-state index >= 15 is 0 Å². The van der Waals surface area contributed by atoms with Gasteiger partial charge in [-0.15, -0.1) is 15.8 Å². The number of rotatable bonds is 54. The quantitative estimate of drug-likeness (QED) is 0.0422. The summed E-state index contributed by atoms with van der Waals surface area (Å²) in [7, 11) is 0.544. The first-order valence-electron chi connectivity index (χ1n) is 28.7. The van der Waals surface area contributed by atoms with Gasteiger partial charge in [-0.2, -0.15) is 0 Å². The van der Waals surface area contributed by atoms with Crippen LogP contribution in [0.5, 0.6) is 0 Å². The van der Waals surface area contributed by atoms with E-state index in [0.29, 0.717) is 0 Å². The Morgan fingerprint density at radius 3 is 0.407 bits per heavy atom. The highest BCUT2D eigenvalue weighted by Gasteiger charge is 2.16. The molecule has 59 heavy (non-hydrogen) atoms. The molecule has 0 saturated carbocycles. The van der Waals surface area contributed by atoms with Crippen molar-refractivity contribution in [1.29, 1.82) is 0 Å². The van der Waals surface area contributed by atoms with Crippen molar-refractivity contribution < 1.29 is 0 Å². The van der Waals surface area contributed by atoms with Crippen LogP contribution in [0.15, 0.2) is 0 Å². The van der Waals surface area contributed by atoms with E-state index in [4.69, 9.17) is 0 Å². The third-order valence-corrected chi connectivity index (χ3v) is 20.7. The Morgan fingerprint density at radius 2 is 0.271 bits per heavy atom. The molecule has 0 aliphatic carbocycles. The summed E-state index contributed by atoms with van der Waals surface area (Å²) in [5.74, 6) is 1.71. The Labute approximate surface area is 380 Å². The van der Waals surface area contributed by atoms with Crippen molar-refractivity contribution in [3.05, 3.63) is 0 Å². The molecule has 0 nitrogen and oxygen atoms in total. The van der Waals surface area contributed by atoms with Gasteiger partial charge >= 0.3 is 0 Å². The Kier molecular flexibility index (Phi) is 55.8. The summed E-state index contributed by atoms with van der Waals surface area (Å²) in [5.41, 5.74) is 0. The average molecular weight is 866 g/mol. The number of unbranched alkanes of at least 4 members (excludes halogenated alkanes) is 44. The Morgan fingerprint density at radius 1 is 0.153 bits per heavy atom. The molecule has 0 bridgehead atoms. The minimum Gasteiger partial charge on any atom is -0.102 e. The highest BCUT2D eigenvalue weighted by molar-refractivity contribution is 7.74. The summed E-state index contributed by atoms with van der Waals surface area (Å²) in [5, 5.41) is 0. The van der Waals surface area contributed by atoms with Crippen LogP contribution in [0.3, 0.4) is 0 Å². The molecular formula is C57H118P2. The van der Waals surface area contributed by atoms with Crippen molar-refractivity contribution in [1.82, 2.24) is 0 Å². The Bertz CT molecular complexity index is 593. The van der Waals surface area contributed by atoms with Gasteiger partial charge in [-0.3, -0.25) is 0 Å². The molecule has 0 aromatic heterocycles. The van der Waals surface area contributed by atoms with Crippen molar-refractivity contribution >= 4 is 15.8 Å². The first-order chi connectivity index (χ1) is 29.3. The van der Waals surface area contributed by atoms with E-state index in [0.717, 1.165) is 0 Å². The van der Waals surface area contributed by atoms with Gasteiger partial charge in [0, 0.05) is 0 Å². The molecule has 0 aromatic carbocycles. The van der Waals surface area contributed by atoms with Gasteiger partial charge in [0.05, 0.1) is 0 Å². The van der Waals surface area contributed by atoms with Gasteiger partial charge in [-0.1, -0.05) is 310 Å². The van der Waals surface area contributed by atoms with E-state index in [2.05, 4.69) is 27.7 Å². The molecule has 0 atom stereocenters. The molecule has 0 rings (SSSR count). The molecule has 0 fully saturated rings. The summed E-state index contributed by atoms with van der Waals surface area (Å²) >= 11 is 0. The summed E-state index contributed by atoms with van der Waals surface area (Å²) in [6.45, 7) is 9.35. The van der Waals surface area contributed by atoms with Crippen LogP contribution < -0.4 is 0 Å². The van der Waals surface area contributed by atoms with Crippen LogP contribution in [0.25, 0.3) is 0 Å². The van der Waals surface area contributed by atoms with E-state index in [9.17, 15) is 0 Å². The molecule has 0 aliphatic heterocycles. The van der Waals surface area contributed by atoms with Crippen molar-refractivity contribution in [2.75, 3.05) is 30.6 Å². The monoisotopic (exact) mass is 865 g/mol. The lowest BCUT2D eigenvalue weighted by Gasteiger charge is -2.25. The van der Waals surface area contributed by atoms with E-state index in [-0.39, 0.29) is 15.8 Å². The molecular weight excluding hydrogens is 747 g/mol. The second-order valence-electron chi connectivity index (χ2n) is 19.9. The smallest absolute Gasteiger partial charge is 0.0120 e. The third-order valence-electron chi connectivity index (χ3n) is 13.7. The van der Waals surface area contributed by atoms with Crippen molar-refractivity contribution in [2.45, 2.75) is 336 Å². The minimum atomic E-state index is 0.272. The Balaban J connectivity index is 4.80. The molecule has 0 radical (unpaired) electrons. The van der Waals surface area contributed by atoms with Gasteiger partial charge in [0.15, 0.2) is 0 Å². The topological polar surface area (TPSA) is 0 Å². The Hall–Kier alpha value is 0.860. The highest BCUT2D eigenvalue weighted by Crippen LogP contribution is 2.53. The van der Waals surface area contributed by atoms with Crippen molar-refractivity contribution in [3.63, 3.8) is 0 Å². The van der Waals surface area contributed by atoms with Gasteiger partial charge in [0.2, 0.25) is 0 Å². The van der Waals surface area contributed by atoms with Crippen LogP contribution in [-0.2, 0) is 0 Å². The zero-order valence-electron chi connectivity index (χ0n) is 42.4. The van der Waals surface area contributed by atoms with Gasteiger partial charge in [-0.25, -0.2) is 0 Å². The molecule has 0 N–H and O–H groups in total. The van der Waals surface area contributed by atoms with E-state index in [1.807, 2.05) is 0 Å². The van der Waals surface area contributed by atoms with Gasteiger partial charge < -0.3 is 0 Å². The van der Waals surface area contributed by atoms with E-state index in [1.165, 1.54) is 283 Å². The second kappa shape index (κ2) is 55.0. The second-order valence-corrected chi connectivity index (χ2v) is 25.5. The van der Waals surface area contributed by atoms with Crippen LogP contribution in [0.2, 0.25) is 0 Å². The summed E-state index contributed by atoms with van der Waals surface area (Å²) in [6.07, 6.45) is 78.1. The molecule has 0 saturated heterocycles. The maximum absolute atomic E-state index is 2.34. The normalized spacial score (nSPS) is 11.9. The highest BCUT2D eigenvalue weighted by atomic mass is 31.2. The van der Waals surface area contributed by atoms with E-state index < -0.39 is 0 Å². The maximum Gasteiger partial charge on any atom is -0.0120 e. The summed E-state index contributed by atoms with van der Waals surface area (Å²) < 4.78 is 0. The first kappa shape index (κ1) is 59.9. The third kappa shape index (κ3) is 51.4. The first-order valence-corrected chi connectivity index (χ1v) is 32.5. The van der Waals surface area contributed by atoms with Crippen LogP contribution in [-0.4, -0.2) is 30.6 Å². The minimum absolute atomic E-state index is 0.272. The van der Waals surface area contributed by atoms with Gasteiger partial charge in [-0.05, 0) is 56.2 Å². The van der Waals surface area contributed by atoms with Gasteiger partial charge in [0.1, 0.15) is 0 Å². The molecule has 0 heterocycles. The molecule has 2 heteroatoms. The lowest BCUT2D eigenvalue weighted by Crippen LogP contribution is -2.01. The van der Waals surface area contributed by atoms with Crippen molar-refractivity contribution in [3.8, 4) is 0 Å². The standard InChI is InChI=1S/C57H118P2/c1-5-9-13-17-21-25-29-33-37-41-45-49-53-58(54-50-46-42-38-34-30-26-22-18-14-10-6-2)57-59(55-51-47-43-39-35-31-27-23-19-15-11-7-3)56-52-48-44-40-36-32-28-24-20-16-12-8-4/h5-57H2,1-4H3. The van der Waals surface area contributed by atoms with Crippen LogP contribution in [0, 0.1) is 0 Å². The van der Waals surface area contributed by atoms with Crippen LogP contribution >= 0.6 is 15.8 Å². The largest absolute Gasteiger partial charge is 0.102 e. The van der Waals surface area contributed by atoms with Crippen LogP contribution in [0.1, 0.15) is 336 Å². The maximum atomic E-state index is 2.34.